The Bertz CT molecular complexity index is 1410. The van der Waals surface area contributed by atoms with E-state index >= 15 is 0 Å². The third kappa shape index (κ3) is 3.67. The molecule has 168 valence electrons. The van der Waals surface area contributed by atoms with E-state index in [1.54, 1.807) is 30.3 Å². The van der Waals surface area contributed by atoms with E-state index in [2.05, 4.69) is 0 Å². The molecule has 5 rings (SSSR count). The second-order valence-electron chi connectivity index (χ2n) is 7.66. The van der Waals surface area contributed by atoms with Crippen LogP contribution >= 0.6 is 0 Å². The van der Waals surface area contributed by atoms with Crippen molar-refractivity contribution in [2.24, 2.45) is 0 Å². The third-order valence-electron chi connectivity index (χ3n) is 5.72. The molecule has 1 aliphatic carbocycles. The Morgan fingerprint density at radius 3 is 1.71 bits per heavy atom. The number of nitrogen functional groups attached to an aromatic ring is 1. The molecule has 0 bridgehead atoms. The van der Waals surface area contributed by atoms with Gasteiger partial charge in [0.05, 0.1) is 5.56 Å². The van der Waals surface area contributed by atoms with Gasteiger partial charge in [-0.05, 0) is 40.5 Å². The Morgan fingerprint density at radius 1 is 0.588 bits per heavy atom. The van der Waals surface area contributed by atoms with Crippen LogP contribution < -0.4 is 5.73 Å². The Hall–Kier alpha value is -4.84. The van der Waals surface area contributed by atoms with Gasteiger partial charge >= 0.3 is 0 Å². The van der Waals surface area contributed by atoms with Crippen LogP contribution in [0.25, 0.3) is 33.9 Å². The summed E-state index contributed by atoms with van der Waals surface area (Å²) in [5.74, 6) is -2.25. The van der Waals surface area contributed by atoms with Gasteiger partial charge in [-0.2, -0.15) is 0 Å². The second-order valence-corrected chi connectivity index (χ2v) is 7.66. The number of fused-ring (bicyclic) bond motifs is 1. The molecule has 4 aromatic carbocycles. The first-order chi connectivity index (χ1) is 16.5. The lowest BCUT2D eigenvalue weighted by Gasteiger charge is -2.14. The van der Waals surface area contributed by atoms with E-state index < -0.39 is 23.0 Å². The lowest BCUT2D eigenvalue weighted by Crippen LogP contribution is -2.00. The smallest absolute Gasteiger partial charge is 0.201 e. The summed E-state index contributed by atoms with van der Waals surface area (Å²) in [5.41, 5.74) is 10.6. The molecule has 6 nitrogen and oxygen atoms in total. The van der Waals surface area contributed by atoms with Gasteiger partial charge < -0.3 is 25.8 Å². The number of hydrogen-bond acceptors (Lipinski definition) is 6. The minimum Gasteiger partial charge on any atom is -0.504 e. The molecule has 0 heterocycles. The van der Waals surface area contributed by atoms with Gasteiger partial charge in [0, 0.05) is 22.4 Å². The van der Waals surface area contributed by atoms with E-state index in [1.165, 1.54) is 0 Å². The monoisotopic (exact) mass is 451 g/mol. The Morgan fingerprint density at radius 2 is 1.09 bits per heavy atom. The van der Waals surface area contributed by atoms with E-state index in [0.717, 1.165) is 11.1 Å². The highest BCUT2D eigenvalue weighted by Crippen LogP contribution is 2.52. The van der Waals surface area contributed by atoms with E-state index in [-0.39, 0.29) is 11.1 Å². The number of carbonyl (C=O) groups excluding carboxylic acids is 2. The predicted molar refractivity (Wildman–Crippen MR) is 132 cm³/mol. The number of ketones is 1. The lowest BCUT2D eigenvalue weighted by molar-refractivity contribution is -0.0980. The SMILES string of the molecule is C=O.Nc1ccc(C2=Cc3c(c(O)c(O)c(O)c3-c3ccc(-c4ccccc4)cc3)C2=O)cc1. The fourth-order valence-electron chi connectivity index (χ4n) is 4.08. The highest BCUT2D eigenvalue weighted by molar-refractivity contribution is 6.39. The molecule has 6 heteroatoms. The topological polar surface area (TPSA) is 121 Å². The summed E-state index contributed by atoms with van der Waals surface area (Å²) in [6.07, 6.45) is 1.63. The van der Waals surface area contributed by atoms with Crippen molar-refractivity contribution in [3.63, 3.8) is 0 Å². The number of hydrogen-bond donors (Lipinski definition) is 4. The minimum absolute atomic E-state index is 0.0331. The van der Waals surface area contributed by atoms with E-state index in [1.807, 2.05) is 61.4 Å². The number of allylic oxidation sites excluding steroid dienone is 1. The van der Waals surface area contributed by atoms with Crippen LogP contribution in [-0.2, 0) is 4.79 Å². The van der Waals surface area contributed by atoms with Crippen molar-refractivity contribution < 1.29 is 24.9 Å². The molecule has 0 saturated carbocycles. The second kappa shape index (κ2) is 8.96. The normalized spacial score (nSPS) is 11.9. The molecule has 0 amide bonds. The fourth-order valence-corrected chi connectivity index (χ4v) is 4.08. The van der Waals surface area contributed by atoms with Crippen molar-refractivity contribution in [3.05, 3.63) is 95.6 Å². The molecule has 4 aromatic rings. The van der Waals surface area contributed by atoms with E-state index in [4.69, 9.17) is 10.5 Å². The number of rotatable bonds is 3. The van der Waals surface area contributed by atoms with Crippen LogP contribution in [0, 0.1) is 0 Å². The van der Waals surface area contributed by atoms with Crippen LogP contribution in [0.2, 0.25) is 0 Å². The van der Waals surface area contributed by atoms with Crippen molar-refractivity contribution >= 4 is 29.9 Å². The standard InChI is InChI=1S/C27H19NO4.CH2O/c28-19-12-10-17(11-13-19)20-14-21-22(25(30)27(32)26(31)23(21)24(20)29)18-8-6-16(7-9-18)15-4-2-1-3-5-15;1-2/h1-14,30-32H,28H2;1H2. The summed E-state index contributed by atoms with van der Waals surface area (Å²) in [7, 11) is 0. The maximum atomic E-state index is 13.1. The minimum atomic E-state index is -0.716. The van der Waals surface area contributed by atoms with Crippen molar-refractivity contribution in [2.75, 3.05) is 5.73 Å². The number of phenols is 3. The highest BCUT2D eigenvalue weighted by atomic mass is 16.3. The van der Waals surface area contributed by atoms with Crippen molar-refractivity contribution in [1.29, 1.82) is 0 Å². The fraction of sp³-hybridized carbons (Fsp3) is 0. The predicted octanol–water partition coefficient (Wildman–Crippen LogP) is 5.27. The first-order valence-electron chi connectivity index (χ1n) is 10.3. The summed E-state index contributed by atoms with van der Waals surface area (Å²) < 4.78 is 0. The quantitative estimate of drug-likeness (QED) is 0.249. The van der Waals surface area contributed by atoms with Gasteiger partial charge in [-0.25, -0.2) is 0 Å². The van der Waals surface area contributed by atoms with Crippen LogP contribution in [0.1, 0.15) is 21.5 Å². The number of benzene rings is 4. The van der Waals surface area contributed by atoms with Gasteiger partial charge in [0.1, 0.15) is 6.79 Å². The molecule has 0 saturated heterocycles. The molecule has 0 spiro atoms. The van der Waals surface area contributed by atoms with Gasteiger partial charge in [-0.1, -0.05) is 66.7 Å². The summed E-state index contributed by atoms with van der Waals surface area (Å²) in [6, 6.07) is 24.1. The van der Waals surface area contributed by atoms with Crippen LogP contribution in [0.5, 0.6) is 17.2 Å². The molecular weight excluding hydrogens is 430 g/mol. The maximum Gasteiger partial charge on any atom is 0.201 e. The first-order valence-corrected chi connectivity index (χ1v) is 10.3. The molecule has 0 atom stereocenters. The Kier molecular flexibility index (Phi) is 5.89. The van der Waals surface area contributed by atoms with E-state index in [0.29, 0.717) is 28.0 Å². The number of phenolic OH excluding ortho intramolecular Hbond substituents is 3. The Balaban J connectivity index is 0.00000133. The number of nitrogens with two attached hydrogens (primary N) is 1. The summed E-state index contributed by atoms with van der Waals surface area (Å²) in [6.45, 7) is 2.00. The number of Topliss-reactive ketones (excluding diaryl/α,β-unsaturated/α-hetero) is 1. The number of anilines is 1. The van der Waals surface area contributed by atoms with Gasteiger partial charge in [0.25, 0.3) is 0 Å². The van der Waals surface area contributed by atoms with Gasteiger partial charge in [0.2, 0.25) is 5.75 Å². The zero-order valence-corrected chi connectivity index (χ0v) is 18.0. The van der Waals surface area contributed by atoms with E-state index in [9.17, 15) is 20.1 Å². The molecule has 0 radical (unpaired) electrons. The van der Waals surface area contributed by atoms with Crippen LogP contribution in [0.15, 0.2) is 78.9 Å². The molecule has 0 aliphatic heterocycles. The third-order valence-corrected chi connectivity index (χ3v) is 5.72. The van der Waals surface area contributed by atoms with Crippen molar-refractivity contribution in [1.82, 2.24) is 0 Å². The van der Waals surface area contributed by atoms with Crippen molar-refractivity contribution in [3.8, 4) is 39.5 Å². The van der Waals surface area contributed by atoms with Crippen LogP contribution in [0.3, 0.4) is 0 Å². The molecule has 0 fully saturated rings. The molecule has 5 N–H and O–H groups in total. The average Bonchev–Trinajstić information content (AvgIpc) is 3.22. The van der Waals surface area contributed by atoms with Crippen LogP contribution in [-0.4, -0.2) is 27.9 Å². The summed E-state index contributed by atoms with van der Waals surface area (Å²) in [4.78, 5) is 21.1. The number of aromatic hydroxyl groups is 3. The summed E-state index contributed by atoms with van der Waals surface area (Å²) >= 11 is 0. The van der Waals surface area contributed by atoms with Gasteiger partial charge in [-0.15, -0.1) is 0 Å². The van der Waals surface area contributed by atoms with Gasteiger partial charge in [0.15, 0.2) is 17.3 Å². The van der Waals surface area contributed by atoms with Gasteiger partial charge in [-0.3, -0.25) is 4.79 Å². The molecule has 0 aromatic heterocycles. The Labute approximate surface area is 195 Å². The van der Waals surface area contributed by atoms with Crippen LogP contribution in [0.4, 0.5) is 5.69 Å². The molecule has 0 unspecified atom stereocenters. The first kappa shape index (κ1) is 22.4. The number of carbonyl (C=O) groups is 2. The largest absolute Gasteiger partial charge is 0.504 e. The average molecular weight is 451 g/mol. The lowest BCUT2D eigenvalue weighted by atomic mass is 9.93. The van der Waals surface area contributed by atoms with Crippen molar-refractivity contribution in [2.45, 2.75) is 0 Å². The maximum absolute atomic E-state index is 13.1. The zero-order chi connectivity index (χ0) is 24.4. The molecule has 1 aliphatic rings. The highest BCUT2D eigenvalue weighted by Gasteiger charge is 2.34. The molecule has 34 heavy (non-hydrogen) atoms. The zero-order valence-electron chi connectivity index (χ0n) is 18.0. The summed E-state index contributed by atoms with van der Waals surface area (Å²) in [5, 5.41) is 31.5. The molecular formula is C28H21NO5.